The van der Waals surface area contributed by atoms with Crippen LogP contribution < -0.4 is 11.1 Å². The van der Waals surface area contributed by atoms with E-state index in [2.05, 4.69) is 5.32 Å². The molecule has 3 N–H and O–H groups in total. The third-order valence-corrected chi connectivity index (χ3v) is 3.45. The number of carbonyl (C=O) groups excluding carboxylic acids is 1. The molecular weight excluding hydrogens is 268 g/mol. The van der Waals surface area contributed by atoms with Gasteiger partial charge in [0.25, 0.3) is 5.91 Å². The molecule has 0 radical (unpaired) electrons. The fourth-order valence-electron chi connectivity index (χ4n) is 1.61. The molecule has 0 aliphatic heterocycles. The lowest BCUT2D eigenvalue weighted by atomic mass is 10.0. The lowest BCUT2D eigenvalue weighted by molar-refractivity contribution is 0.0940. The molecule has 1 aromatic rings. The molecule has 1 rings (SSSR count). The minimum atomic E-state index is -0.330. The summed E-state index contributed by atoms with van der Waals surface area (Å²) in [5.74, 6) is -0.120. The lowest BCUT2D eigenvalue weighted by Gasteiger charge is -2.21. The molecule has 0 aliphatic rings. The lowest BCUT2D eigenvalue weighted by Crippen LogP contribution is -2.46. The van der Waals surface area contributed by atoms with Crippen LogP contribution in [0.4, 0.5) is 0 Å². The van der Waals surface area contributed by atoms with Crippen molar-refractivity contribution >= 4 is 34.7 Å². The van der Waals surface area contributed by atoms with Gasteiger partial charge in [-0.05, 0) is 24.5 Å². The van der Waals surface area contributed by atoms with Gasteiger partial charge in [-0.1, -0.05) is 49.8 Å². The average Bonchev–Trinajstić information content (AvgIpc) is 2.28. The second-order valence-electron chi connectivity index (χ2n) is 4.53. The topological polar surface area (TPSA) is 55.1 Å². The van der Waals surface area contributed by atoms with E-state index in [1.807, 2.05) is 26.8 Å². The van der Waals surface area contributed by atoms with Gasteiger partial charge in [-0.3, -0.25) is 4.79 Å². The molecule has 1 atom stereocenters. The zero-order chi connectivity index (χ0) is 13.9. The second-order valence-corrected chi connectivity index (χ2v) is 5.38. The van der Waals surface area contributed by atoms with Crippen LogP contribution in [0.2, 0.25) is 5.02 Å². The summed E-state index contributed by atoms with van der Waals surface area (Å²) in [7, 11) is 0. The molecule has 0 bridgehead atoms. The van der Waals surface area contributed by atoms with Crippen molar-refractivity contribution in [3.63, 3.8) is 0 Å². The van der Waals surface area contributed by atoms with Crippen LogP contribution in [0.1, 0.15) is 29.8 Å². The van der Waals surface area contributed by atoms with Gasteiger partial charge in [0.2, 0.25) is 0 Å². The van der Waals surface area contributed by atoms with Crippen LogP contribution >= 0.6 is 23.8 Å². The second kappa shape index (κ2) is 6.16. The summed E-state index contributed by atoms with van der Waals surface area (Å²) < 4.78 is 0. The summed E-state index contributed by atoms with van der Waals surface area (Å²) in [4.78, 5) is 12.4. The quantitative estimate of drug-likeness (QED) is 0.836. The Hall–Kier alpha value is -1.13. The monoisotopic (exact) mass is 284 g/mol. The largest absolute Gasteiger partial charge is 0.392 e. The van der Waals surface area contributed by atoms with Crippen LogP contribution in [0.5, 0.6) is 0 Å². The van der Waals surface area contributed by atoms with Gasteiger partial charge in [-0.15, -0.1) is 0 Å². The first-order valence-electron chi connectivity index (χ1n) is 5.70. The van der Waals surface area contributed by atoms with Crippen molar-refractivity contribution in [1.29, 1.82) is 0 Å². The van der Waals surface area contributed by atoms with Crippen LogP contribution in [-0.4, -0.2) is 16.9 Å². The minimum Gasteiger partial charge on any atom is -0.392 e. The molecular formula is C13H17ClN2OS. The molecule has 0 spiro atoms. The Kier molecular flexibility index (Phi) is 5.11. The minimum absolute atomic E-state index is 0.134. The predicted molar refractivity (Wildman–Crippen MR) is 79.1 cm³/mol. The van der Waals surface area contributed by atoms with Crippen molar-refractivity contribution < 1.29 is 4.79 Å². The zero-order valence-electron chi connectivity index (χ0n) is 10.7. The summed E-state index contributed by atoms with van der Waals surface area (Å²) in [5.41, 5.74) is 6.92. The van der Waals surface area contributed by atoms with Gasteiger partial charge >= 0.3 is 0 Å². The molecule has 1 aromatic carbocycles. The summed E-state index contributed by atoms with van der Waals surface area (Å²) in [6, 6.07) is 5.00. The molecule has 1 amide bonds. The molecule has 3 nitrogen and oxygen atoms in total. The van der Waals surface area contributed by atoms with Crippen molar-refractivity contribution in [3.8, 4) is 0 Å². The Morgan fingerprint density at radius 1 is 1.44 bits per heavy atom. The van der Waals surface area contributed by atoms with Gasteiger partial charge in [0.15, 0.2) is 0 Å². The van der Waals surface area contributed by atoms with E-state index in [-0.39, 0.29) is 22.9 Å². The number of nitrogens with one attached hydrogen (secondary N) is 1. The van der Waals surface area contributed by atoms with Crippen LogP contribution in [0.25, 0.3) is 0 Å². The number of rotatable bonds is 4. The SMILES string of the molecule is Cc1cccc(C(=O)NC(C(N)=S)C(C)C)c1Cl. The van der Waals surface area contributed by atoms with Crippen molar-refractivity contribution in [2.24, 2.45) is 11.7 Å². The Morgan fingerprint density at radius 3 is 2.56 bits per heavy atom. The number of benzene rings is 1. The summed E-state index contributed by atoms with van der Waals surface area (Å²) in [5, 5.41) is 3.27. The molecule has 18 heavy (non-hydrogen) atoms. The normalized spacial score (nSPS) is 12.3. The Balaban J connectivity index is 2.94. The average molecular weight is 285 g/mol. The first-order valence-corrected chi connectivity index (χ1v) is 6.48. The molecule has 0 aromatic heterocycles. The predicted octanol–water partition coefficient (Wildman–Crippen LogP) is 2.69. The van der Waals surface area contributed by atoms with E-state index >= 15 is 0 Å². The van der Waals surface area contributed by atoms with E-state index in [0.717, 1.165) is 5.56 Å². The molecule has 0 saturated carbocycles. The maximum Gasteiger partial charge on any atom is 0.253 e. The molecule has 0 saturated heterocycles. The van der Waals surface area contributed by atoms with E-state index < -0.39 is 0 Å². The standard InChI is InChI=1S/C13H17ClN2OS/c1-7(2)11(12(15)18)16-13(17)9-6-4-5-8(3)10(9)14/h4-7,11H,1-3H3,(H2,15,18)(H,16,17). The first kappa shape index (κ1) is 14.9. The van der Waals surface area contributed by atoms with Crippen molar-refractivity contribution in [2.75, 3.05) is 0 Å². The van der Waals surface area contributed by atoms with E-state index in [0.29, 0.717) is 10.6 Å². The fraction of sp³-hybridized carbons (Fsp3) is 0.385. The number of hydrogen-bond acceptors (Lipinski definition) is 2. The van der Waals surface area contributed by atoms with Gasteiger partial charge in [0.1, 0.15) is 0 Å². The van der Waals surface area contributed by atoms with E-state index in [1.165, 1.54) is 0 Å². The smallest absolute Gasteiger partial charge is 0.253 e. The number of halogens is 1. The van der Waals surface area contributed by atoms with Gasteiger partial charge in [-0.25, -0.2) is 0 Å². The van der Waals surface area contributed by atoms with Gasteiger partial charge in [0, 0.05) is 0 Å². The first-order chi connectivity index (χ1) is 8.34. The molecule has 0 heterocycles. The Labute approximate surface area is 118 Å². The maximum atomic E-state index is 12.1. The highest BCUT2D eigenvalue weighted by molar-refractivity contribution is 7.80. The summed E-state index contributed by atoms with van der Waals surface area (Å²) in [6.07, 6.45) is 0. The van der Waals surface area contributed by atoms with Crippen molar-refractivity contribution in [2.45, 2.75) is 26.8 Å². The molecule has 1 unspecified atom stereocenters. The summed E-state index contributed by atoms with van der Waals surface area (Å²) >= 11 is 11.1. The Bertz CT molecular complexity index is 474. The van der Waals surface area contributed by atoms with E-state index in [9.17, 15) is 4.79 Å². The van der Waals surface area contributed by atoms with Crippen molar-refractivity contribution in [3.05, 3.63) is 34.3 Å². The number of thiocarbonyl (C=S) groups is 1. The third-order valence-electron chi connectivity index (χ3n) is 2.70. The molecule has 0 aliphatic carbocycles. The number of hydrogen-bond donors (Lipinski definition) is 2. The maximum absolute atomic E-state index is 12.1. The Morgan fingerprint density at radius 2 is 2.06 bits per heavy atom. The van der Waals surface area contributed by atoms with Gasteiger partial charge in [0.05, 0.1) is 21.6 Å². The summed E-state index contributed by atoms with van der Waals surface area (Å²) in [6.45, 7) is 5.75. The van der Waals surface area contributed by atoms with Crippen molar-refractivity contribution in [1.82, 2.24) is 5.32 Å². The molecule has 98 valence electrons. The third kappa shape index (κ3) is 3.43. The number of carbonyl (C=O) groups is 1. The van der Waals surface area contributed by atoms with Gasteiger partial charge < -0.3 is 11.1 Å². The highest BCUT2D eigenvalue weighted by Crippen LogP contribution is 2.20. The fourth-order valence-corrected chi connectivity index (χ4v) is 2.15. The van der Waals surface area contributed by atoms with Crippen LogP contribution in [0.15, 0.2) is 18.2 Å². The van der Waals surface area contributed by atoms with Gasteiger partial charge in [-0.2, -0.15) is 0 Å². The zero-order valence-corrected chi connectivity index (χ0v) is 12.2. The van der Waals surface area contributed by atoms with E-state index in [1.54, 1.807) is 12.1 Å². The van der Waals surface area contributed by atoms with Crippen LogP contribution in [-0.2, 0) is 0 Å². The highest BCUT2D eigenvalue weighted by atomic mass is 35.5. The highest BCUT2D eigenvalue weighted by Gasteiger charge is 2.21. The molecule has 0 fully saturated rings. The van der Waals surface area contributed by atoms with E-state index in [4.69, 9.17) is 29.6 Å². The number of nitrogens with two attached hydrogens (primary N) is 1. The number of amides is 1. The van der Waals surface area contributed by atoms with Crippen LogP contribution in [0, 0.1) is 12.8 Å². The number of aryl methyl sites for hydroxylation is 1. The molecule has 5 heteroatoms. The van der Waals surface area contributed by atoms with Crippen LogP contribution in [0.3, 0.4) is 0 Å².